The van der Waals surface area contributed by atoms with E-state index in [0.29, 0.717) is 22.6 Å². The number of halogens is 2. The Labute approximate surface area is 145 Å². The summed E-state index contributed by atoms with van der Waals surface area (Å²) < 4.78 is 0.367. The van der Waals surface area contributed by atoms with Gasteiger partial charge in [0.25, 0.3) is 11.5 Å². The third-order valence-electron chi connectivity index (χ3n) is 3.82. The summed E-state index contributed by atoms with van der Waals surface area (Å²) in [5.41, 5.74) is 0.220. The van der Waals surface area contributed by atoms with Gasteiger partial charge in [0.2, 0.25) is 0 Å². The number of carbonyl (C=O) groups excluding carboxylic acids is 1. The summed E-state index contributed by atoms with van der Waals surface area (Å²) in [6.45, 7) is 1.37. The smallest absolute Gasteiger partial charge is 0.262 e. The minimum atomic E-state index is -0.235. The van der Waals surface area contributed by atoms with E-state index in [-0.39, 0.29) is 23.9 Å². The van der Waals surface area contributed by atoms with Gasteiger partial charge in [0, 0.05) is 25.3 Å². The Kier molecular flexibility index (Phi) is 8.75. The Balaban J connectivity index is 0.00000242. The Hall–Kier alpha value is -0.850. The number of hydrogen-bond donors (Lipinski definition) is 3. The highest BCUT2D eigenvalue weighted by molar-refractivity contribution is 9.10. The van der Waals surface area contributed by atoms with E-state index in [9.17, 15) is 9.59 Å². The second-order valence-corrected chi connectivity index (χ2v) is 6.32. The molecule has 7 heteroatoms. The first kappa shape index (κ1) is 19.2. The van der Waals surface area contributed by atoms with Crippen LogP contribution in [0.1, 0.15) is 48.9 Å². The van der Waals surface area contributed by atoms with Crippen LogP contribution < -0.4 is 16.2 Å². The third kappa shape index (κ3) is 6.10. The SMILES string of the molecule is Cl.O=C(NCCNC1CCCCCC1)c1c[nH]c(=O)c(Br)c1. The molecule has 1 aromatic heterocycles. The highest BCUT2D eigenvalue weighted by Gasteiger charge is 2.11. The summed E-state index contributed by atoms with van der Waals surface area (Å²) >= 11 is 3.12. The molecule has 1 aromatic rings. The molecule has 1 heterocycles. The molecule has 0 aliphatic heterocycles. The van der Waals surface area contributed by atoms with E-state index in [1.54, 1.807) is 0 Å². The van der Waals surface area contributed by atoms with Crippen LogP contribution in [0.2, 0.25) is 0 Å². The lowest BCUT2D eigenvalue weighted by Crippen LogP contribution is -2.37. The van der Waals surface area contributed by atoms with E-state index >= 15 is 0 Å². The molecule has 0 atom stereocenters. The van der Waals surface area contributed by atoms with Crippen molar-refractivity contribution in [3.63, 3.8) is 0 Å². The fourth-order valence-corrected chi connectivity index (χ4v) is 2.99. The molecule has 1 saturated carbocycles. The molecule has 0 bridgehead atoms. The van der Waals surface area contributed by atoms with E-state index < -0.39 is 0 Å². The number of amides is 1. The van der Waals surface area contributed by atoms with Crippen molar-refractivity contribution in [3.05, 3.63) is 32.7 Å². The quantitative estimate of drug-likeness (QED) is 0.532. The standard InChI is InChI=1S/C15H22BrN3O2.ClH/c16-13-9-11(10-19-15(13)21)14(20)18-8-7-17-12-5-3-1-2-4-6-12;/h9-10,12,17H,1-8H2,(H,18,20)(H,19,21);1H. The van der Waals surface area contributed by atoms with Gasteiger partial charge in [-0.15, -0.1) is 12.4 Å². The largest absolute Gasteiger partial charge is 0.351 e. The van der Waals surface area contributed by atoms with Crippen molar-refractivity contribution < 1.29 is 4.79 Å². The van der Waals surface area contributed by atoms with Gasteiger partial charge >= 0.3 is 0 Å². The average molecular weight is 393 g/mol. The van der Waals surface area contributed by atoms with Gasteiger partial charge in [-0.05, 0) is 34.8 Å². The molecular formula is C15H23BrClN3O2. The summed E-state index contributed by atoms with van der Waals surface area (Å²) in [6, 6.07) is 2.12. The molecule has 1 fully saturated rings. The number of pyridine rings is 1. The number of H-pyrrole nitrogens is 1. The lowest BCUT2D eigenvalue weighted by atomic mass is 10.1. The molecule has 3 N–H and O–H groups in total. The van der Waals surface area contributed by atoms with E-state index in [4.69, 9.17) is 0 Å². The molecule has 0 aromatic carbocycles. The minimum Gasteiger partial charge on any atom is -0.351 e. The molecular weight excluding hydrogens is 370 g/mol. The van der Waals surface area contributed by atoms with Gasteiger partial charge in [-0.1, -0.05) is 25.7 Å². The van der Waals surface area contributed by atoms with E-state index in [1.165, 1.54) is 50.8 Å². The molecule has 0 spiro atoms. The zero-order chi connectivity index (χ0) is 15.1. The van der Waals surface area contributed by atoms with E-state index in [0.717, 1.165) is 6.54 Å². The molecule has 1 aliphatic rings. The number of carbonyl (C=O) groups is 1. The molecule has 1 aliphatic carbocycles. The Morgan fingerprint density at radius 3 is 2.55 bits per heavy atom. The van der Waals surface area contributed by atoms with Crippen molar-refractivity contribution in [3.8, 4) is 0 Å². The fourth-order valence-electron chi connectivity index (χ4n) is 2.62. The molecule has 2 rings (SSSR count). The fraction of sp³-hybridized carbons (Fsp3) is 0.600. The first-order valence-corrected chi connectivity index (χ1v) is 8.36. The molecule has 5 nitrogen and oxygen atoms in total. The van der Waals surface area contributed by atoms with Crippen LogP contribution in [0, 0.1) is 0 Å². The predicted octanol–water partition coefficient (Wildman–Crippen LogP) is 2.60. The Morgan fingerprint density at radius 2 is 1.91 bits per heavy atom. The van der Waals surface area contributed by atoms with Crippen molar-refractivity contribution in [2.75, 3.05) is 13.1 Å². The van der Waals surface area contributed by atoms with Crippen molar-refractivity contribution in [1.29, 1.82) is 0 Å². The summed E-state index contributed by atoms with van der Waals surface area (Å²) in [4.78, 5) is 25.7. The van der Waals surface area contributed by atoms with Crippen molar-refractivity contribution in [2.45, 2.75) is 44.6 Å². The molecule has 124 valence electrons. The number of rotatable bonds is 5. The lowest BCUT2D eigenvalue weighted by molar-refractivity contribution is 0.0953. The van der Waals surface area contributed by atoms with Gasteiger partial charge in [0.1, 0.15) is 0 Å². The number of nitrogens with one attached hydrogen (secondary N) is 3. The number of aromatic nitrogens is 1. The van der Waals surface area contributed by atoms with Crippen LogP contribution in [0.25, 0.3) is 0 Å². The maximum Gasteiger partial charge on any atom is 0.262 e. The Bertz CT molecular complexity index is 528. The second-order valence-electron chi connectivity index (χ2n) is 5.46. The summed E-state index contributed by atoms with van der Waals surface area (Å²) in [7, 11) is 0. The number of aromatic amines is 1. The lowest BCUT2D eigenvalue weighted by Gasteiger charge is -2.16. The molecule has 1 amide bonds. The van der Waals surface area contributed by atoms with Gasteiger partial charge in [-0.25, -0.2) is 0 Å². The van der Waals surface area contributed by atoms with Gasteiger partial charge in [-0.2, -0.15) is 0 Å². The van der Waals surface area contributed by atoms with Crippen molar-refractivity contribution in [1.82, 2.24) is 15.6 Å². The minimum absolute atomic E-state index is 0. The third-order valence-corrected chi connectivity index (χ3v) is 4.41. The van der Waals surface area contributed by atoms with Crippen LogP contribution in [-0.4, -0.2) is 30.0 Å². The zero-order valence-corrected chi connectivity index (χ0v) is 14.9. The van der Waals surface area contributed by atoms with Crippen LogP contribution in [0.5, 0.6) is 0 Å². The van der Waals surface area contributed by atoms with Gasteiger partial charge < -0.3 is 15.6 Å². The molecule has 22 heavy (non-hydrogen) atoms. The predicted molar refractivity (Wildman–Crippen MR) is 93.8 cm³/mol. The summed E-state index contributed by atoms with van der Waals surface area (Å²) in [6.07, 6.45) is 9.19. The maximum atomic E-state index is 11.9. The second kappa shape index (κ2) is 10.0. The van der Waals surface area contributed by atoms with Gasteiger partial charge in [0.15, 0.2) is 0 Å². The monoisotopic (exact) mass is 391 g/mol. The number of hydrogen-bond acceptors (Lipinski definition) is 3. The normalized spacial score (nSPS) is 15.7. The van der Waals surface area contributed by atoms with E-state index in [1.807, 2.05) is 0 Å². The first-order valence-electron chi connectivity index (χ1n) is 7.56. The van der Waals surface area contributed by atoms with Crippen LogP contribution >= 0.6 is 28.3 Å². The topological polar surface area (TPSA) is 74.0 Å². The summed E-state index contributed by atoms with van der Waals surface area (Å²) in [5.74, 6) is -0.172. The highest BCUT2D eigenvalue weighted by atomic mass is 79.9. The summed E-state index contributed by atoms with van der Waals surface area (Å²) in [5, 5.41) is 6.36. The first-order chi connectivity index (χ1) is 10.2. The van der Waals surface area contributed by atoms with Crippen LogP contribution in [0.15, 0.2) is 21.5 Å². The van der Waals surface area contributed by atoms with Gasteiger partial charge in [0.05, 0.1) is 10.0 Å². The van der Waals surface area contributed by atoms with Crippen molar-refractivity contribution in [2.24, 2.45) is 0 Å². The van der Waals surface area contributed by atoms with Crippen LogP contribution in [-0.2, 0) is 0 Å². The molecule has 0 saturated heterocycles. The molecule has 0 radical (unpaired) electrons. The highest BCUT2D eigenvalue weighted by Crippen LogP contribution is 2.16. The maximum absolute atomic E-state index is 11.9. The van der Waals surface area contributed by atoms with Crippen LogP contribution in [0.4, 0.5) is 0 Å². The van der Waals surface area contributed by atoms with Gasteiger partial charge in [-0.3, -0.25) is 9.59 Å². The van der Waals surface area contributed by atoms with Crippen LogP contribution in [0.3, 0.4) is 0 Å². The van der Waals surface area contributed by atoms with Crippen molar-refractivity contribution >= 4 is 34.2 Å². The average Bonchev–Trinajstić information content (AvgIpc) is 2.75. The molecule has 0 unspecified atom stereocenters. The Morgan fingerprint density at radius 1 is 1.23 bits per heavy atom. The zero-order valence-electron chi connectivity index (χ0n) is 12.5. The van der Waals surface area contributed by atoms with E-state index in [2.05, 4.69) is 31.5 Å².